The molecule has 0 radical (unpaired) electrons. The molecule has 0 aromatic rings. The number of hydrogen-bond acceptors (Lipinski definition) is 5. The average Bonchev–Trinajstić information content (AvgIpc) is 2.67. The number of allylic oxidation sites excluding steroid dienone is 3. The fraction of sp³-hybridized carbons (Fsp3) is 0.778. The second-order valence-corrected chi connectivity index (χ2v) is 11.6. The van der Waals surface area contributed by atoms with Gasteiger partial charge in [0.05, 0.1) is 17.9 Å². The number of cyclic esters (lactones) is 1. The first-order valence-corrected chi connectivity index (χ1v) is 12.3. The number of carbonyl (C=O) groups excluding carboxylic acids is 2. The topological polar surface area (TPSA) is 72.8 Å². The molecule has 0 aromatic carbocycles. The Morgan fingerprint density at radius 1 is 1.31 bits per heavy atom. The van der Waals surface area contributed by atoms with Gasteiger partial charge in [-0.25, -0.2) is 0 Å². The highest BCUT2D eigenvalue weighted by Gasteiger charge is 2.52. The Balaban J connectivity index is 1.88. The van der Waals surface area contributed by atoms with Gasteiger partial charge in [0.15, 0.2) is 0 Å². The quantitative estimate of drug-likeness (QED) is 0.556. The lowest BCUT2D eigenvalue weighted by atomic mass is 9.55. The van der Waals surface area contributed by atoms with Crippen LogP contribution in [0.2, 0.25) is 0 Å². The van der Waals surface area contributed by atoms with E-state index >= 15 is 0 Å². The molecule has 1 saturated heterocycles. The Labute approximate surface area is 193 Å². The van der Waals surface area contributed by atoms with Crippen molar-refractivity contribution in [2.75, 3.05) is 0 Å². The van der Waals surface area contributed by atoms with Gasteiger partial charge in [0.1, 0.15) is 11.7 Å². The van der Waals surface area contributed by atoms with Gasteiger partial charge >= 0.3 is 11.9 Å². The third-order valence-corrected chi connectivity index (χ3v) is 8.42. The maximum atomic E-state index is 13.1. The summed E-state index contributed by atoms with van der Waals surface area (Å²) < 4.78 is 12.0. The first-order chi connectivity index (χ1) is 14.8. The molecule has 2 aliphatic carbocycles. The monoisotopic (exact) mass is 446 g/mol. The van der Waals surface area contributed by atoms with Gasteiger partial charge in [-0.3, -0.25) is 9.59 Å². The summed E-state index contributed by atoms with van der Waals surface area (Å²) in [5, 5.41) is 10.1. The number of hydrogen-bond donors (Lipinski definition) is 1. The van der Waals surface area contributed by atoms with Crippen LogP contribution in [0, 0.1) is 28.6 Å². The molecule has 1 fully saturated rings. The van der Waals surface area contributed by atoms with Crippen molar-refractivity contribution in [2.24, 2.45) is 28.6 Å². The van der Waals surface area contributed by atoms with Crippen LogP contribution in [-0.4, -0.2) is 34.9 Å². The van der Waals surface area contributed by atoms with Crippen LogP contribution in [0.5, 0.6) is 0 Å². The second-order valence-electron chi connectivity index (χ2n) is 11.6. The second kappa shape index (κ2) is 8.96. The molecule has 7 unspecified atom stereocenters. The number of esters is 2. The van der Waals surface area contributed by atoms with Crippen LogP contribution >= 0.6 is 0 Å². The fourth-order valence-corrected chi connectivity index (χ4v) is 5.85. The van der Waals surface area contributed by atoms with Crippen molar-refractivity contribution < 1.29 is 24.2 Å². The standard InChI is InChI=1S/C27H42O5/c1-8-25(4,5)24(30)31-22-14-17(2)13-19-10-9-18(3)21(27(19,22)7)11-12-26(6)16-20(28)15-23(29)32-26/h9-10,13,17-18,20-22,28H,8,11-12,14-16H2,1-7H3. The highest BCUT2D eigenvalue weighted by molar-refractivity contribution is 5.76. The fourth-order valence-electron chi connectivity index (χ4n) is 5.85. The highest BCUT2D eigenvalue weighted by Crippen LogP contribution is 2.54. The van der Waals surface area contributed by atoms with Gasteiger partial charge in [0, 0.05) is 11.8 Å². The van der Waals surface area contributed by atoms with E-state index in [1.165, 1.54) is 5.57 Å². The molecular formula is C27H42O5. The number of ether oxygens (including phenoxy) is 2. The largest absolute Gasteiger partial charge is 0.461 e. The van der Waals surface area contributed by atoms with Gasteiger partial charge in [-0.15, -0.1) is 0 Å². The third kappa shape index (κ3) is 4.83. The molecule has 32 heavy (non-hydrogen) atoms. The summed E-state index contributed by atoms with van der Waals surface area (Å²) in [5.41, 5.74) is -0.216. The summed E-state index contributed by atoms with van der Waals surface area (Å²) in [6, 6.07) is 0. The summed E-state index contributed by atoms with van der Waals surface area (Å²) in [6.45, 7) is 14.5. The van der Waals surface area contributed by atoms with Crippen LogP contribution in [0.4, 0.5) is 0 Å². The lowest BCUT2D eigenvalue weighted by Gasteiger charge is -2.52. The predicted molar refractivity (Wildman–Crippen MR) is 125 cm³/mol. The number of rotatable bonds is 6. The van der Waals surface area contributed by atoms with Crippen molar-refractivity contribution in [2.45, 2.75) is 105 Å². The Kier molecular flexibility index (Phi) is 7.01. The third-order valence-electron chi connectivity index (χ3n) is 8.42. The van der Waals surface area contributed by atoms with Crippen molar-refractivity contribution in [1.29, 1.82) is 0 Å². The van der Waals surface area contributed by atoms with Crippen molar-refractivity contribution in [3.63, 3.8) is 0 Å². The molecule has 3 rings (SSSR count). The van der Waals surface area contributed by atoms with Crippen molar-refractivity contribution in [3.05, 3.63) is 23.8 Å². The summed E-state index contributed by atoms with van der Waals surface area (Å²) in [4.78, 5) is 25.0. The molecule has 1 aliphatic heterocycles. The minimum Gasteiger partial charge on any atom is -0.461 e. The van der Waals surface area contributed by atoms with Crippen LogP contribution in [0.3, 0.4) is 0 Å². The zero-order valence-electron chi connectivity index (χ0n) is 20.9. The Morgan fingerprint density at radius 3 is 2.62 bits per heavy atom. The summed E-state index contributed by atoms with van der Waals surface area (Å²) in [7, 11) is 0. The Hall–Kier alpha value is -1.62. The summed E-state index contributed by atoms with van der Waals surface area (Å²) in [5.74, 6) is 0.431. The van der Waals surface area contributed by atoms with Gasteiger partial charge in [-0.1, -0.05) is 45.9 Å². The molecule has 3 aliphatic rings. The van der Waals surface area contributed by atoms with E-state index in [0.29, 0.717) is 24.7 Å². The molecule has 0 bridgehead atoms. The predicted octanol–water partition coefficient (Wildman–Crippen LogP) is 5.37. The first kappa shape index (κ1) is 25.0. The van der Waals surface area contributed by atoms with Crippen LogP contribution in [-0.2, 0) is 19.1 Å². The van der Waals surface area contributed by atoms with Crippen molar-refractivity contribution >= 4 is 11.9 Å². The lowest BCUT2D eigenvalue weighted by molar-refractivity contribution is -0.177. The number of fused-ring (bicyclic) bond motifs is 1. The van der Waals surface area contributed by atoms with Gasteiger partial charge < -0.3 is 14.6 Å². The van der Waals surface area contributed by atoms with Crippen molar-refractivity contribution in [1.82, 2.24) is 0 Å². The molecule has 5 nitrogen and oxygen atoms in total. The normalized spacial score (nSPS) is 39.7. The Bertz CT molecular complexity index is 796. The molecular weight excluding hydrogens is 404 g/mol. The molecule has 1 N–H and O–H groups in total. The van der Waals surface area contributed by atoms with Crippen LogP contribution < -0.4 is 0 Å². The summed E-state index contributed by atoms with van der Waals surface area (Å²) in [6.07, 6.45) is 9.57. The van der Waals surface area contributed by atoms with Gasteiger partial charge in [-0.05, 0) is 69.8 Å². The SMILES string of the molecule is CCC(C)(C)C(=O)OC1CC(C)C=C2C=CC(C)C(CCC3(C)CC(O)CC(=O)O3)C21C. The minimum atomic E-state index is -0.659. The maximum Gasteiger partial charge on any atom is 0.311 e. The smallest absolute Gasteiger partial charge is 0.311 e. The van der Waals surface area contributed by atoms with E-state index in [2.05, 4.69) is 39.0 Å². The zero-order chi connectivity index (χ0) is 23.9. The van der Waals surface area contributed by atoms with Crippen LogP contribution in [0.15, 0.2) is 23.8 Å². The molecule has 5 heteroatoms. The number of carbonyl (C=O) groups is 2. The van der Waals surface area contributed by atoms with E-state index in [1.807, 2.05) is 27.7 Å². The molecule has 180 valence electrons. The van der Waals surface area contributed by atoms with E-state index in [0.717, 1.165) is 19.3 Å². The van der Waals surface area contributed by atoms with Gasteiger partial charge in [0.25, 0.3) is 0 Å². The first-order valence-electron chi connectivity index (χ1n) is 12.3. The van der Waals surface area contributed by atoms with Crippen LogP contribution in [0.1, 0.15) is 87.0 Å². The highest BCUT2D eigenvalue weighted by atomic mass is 16.6. The van der Waals surface area contributed by atoms with E-state index in [1.54, 1.807) is 0 Å². The zero-order valence-corrected chi connectivity index (χ0v) is 20.9. The number of aliphatic hydroxyl groups excluding tert-OH is 1. The maximum absolute atomic E-state index is 13.1. The van der Waals surface area contributed by atoms with Gasteiger partial charge in [-0.2, -0.15) is 0 Å². The van der Waals surface area contributed by atoms with E-state index in [9.17, 15) is 14.7 Å². The average molecular weight is 447 g/mol. The molecule has 0 aromatic heterocycles. The van der Waals surface area contributed by atoms with Crippen LogP contribution in [0.25, 0.3) is 0 Å². The molecule has 7 atom stereocenters. The molecule has 0 saturated carbocycles. The number of aliphatic hydroxyl groups is 1. The molecule has 1 heterocycles. The summed E-state index contributed by atoms with van der Waals surface area (Å²) >= 11 is 0. The molecule has 0 spiro atoms. The van der Waals surface area contributed by atoms with E-state index < -0.39 is 17.1 Å². The Morgan fingerprint density at radius 2 is 2.00 bits per heavy atom. The van der Waals surface area contributed by atoms with E-state index in [4.69, 9.17) is 9.47 Å². The van der Waals surface area contributed by atoms with Crippen molar-refractivity contribution in [3.8, 4) is 0 Å². The van der Waals surface area contributed by atoms with E-state index in [-0.39, 0.29) is 35.8 Å². The van der Waals surface area contributed by atoms with Gasteiger partial charge in [0.2, 0.25) is 0 Å². The molecule has 0 amide bonds. The minimum absolute atomic E-state index is 0.0753. The lowest BCUT2D eigenvalue weighted by Crippen LogP contribution is -2.51.